The minimum atomic E-state index is 0. The first kappa shape index (κ1) is 19.2. The molecule has 0 spiro atoms. The second kappa shape index (κ2) is 8.70. The van der Waals surface area contributed by atoms with Crippen LogP contribution in [0.25, 0.3) is 0 Å². The molecule has 1 heterocycles. The van der Waals surface area contributed by atoms with Gasteiger partial charge in [0.15, 0.2) is 6.54 Å². The van der Waals surface area contributed by atoms with Gasteiger partial charge in [0, 0.05) is 0 Å². The van der Waals surface area contributed by atoms with Gasteiger partial charge in [-0.25, -0.2) is 4.79 Å². The highest BCUT2D eigenvalue weighted by Gasteiger charge is 2.30. The summed E-state index contributed by atoms with van der Waals surface area (Å²) in [5.41, 5.74) is 0. The smallest absolute Gasteiger partial charge is 0.361 e. The lowest BCUT2D eigenvalue weighted by Gasteiger charge is -2.37. The van der Waals surface area contributed by atoms with E-state index in [1.807, 2.05) is 0 Å². The largest absolute Gasteiger partial charge is 1.00 e. The topological polar surface area (TPSA) is 26.3 Å². The van der Waals surface area contributed by atoms with Crippen molar-refractivity contribution in [3.05, 3.63) is 0 Å². The third-order valence-corrected chi connectivity index (χ3v) is 5.47. The van der Waals surface area contributed by atoms with Crippen LogP contribution in [0.4, 0.5) is 0 Å². The molecule has 0 amide bonds. The third kappa shape index (κ3) is 6.05. The molecule has 124 valence electrons. The molecule has 0 aromatic heterocycles. The van der Waals surface area contributed by atoms with E-state index in [9.17, 15) is 4.79 Å². The van der Waals surface area contributed by atoms with E-state index in [-0.39, 0.29) is 29.9 Å². The van der Waals surface area contributed by atoms with E-state index in [4.69, 9.17) is 4.74 Å². The number of carbonyl (C=O) groups excluding carboxylic acids is 1. The summed E-state index contributed by atoms with van der Waals surface area (Å²) < 4.78 is 6.49. The van der Waals surface area contributed by atoms with E-state index in [1.165, 1.54) is 38.5 Å². The molecule has 1 saturated heterocycles. The van der Waals surface area contributed by atoms with Crippen LogP contribution in [0, 0.1) is 17.8 Å². The quantitative estimate of drug-likeness (QED) is 0.378. The van der Waals surface area contributed by atoms with Crippen LogP contribution in [0.15, 0.2) is 0 Å². The minimum Gasteiger partial charge on any atom is -1.00 e. The number of carbonyl (C=O) groups is 1. The van der Waals surface area contributed by atoms with Gasteiger partial charge < -0.3 is 33.2 Å². The zero-order chi connectivity index (χ0) is 14.6. The second-order valence-electron chi connectivity index (χ2n) is 7.62. The van der Waals surface area contributed by atoms with Gasteiger partial charge in [-0.05, 0) is 49.9 Å². The Morgan fingerprint density at radius 2 is 1.81 bits per heavy atom. The molecule has 1 aliphatic carbocycles. The van der Waals surface area contributed by atoms with E-state index in [2.05, 4.69) is 20.9 Å². The van der Waals surface area contributed by atoms with Crippen molar-refractivity contribution in [1.29, 1.82) is 0 Å². The van der Waals surface area contributed by atoms with Gasteiger partial charge in [0.2, 0.25) is 0 Å². The molecule has 2 rings (SSSR count). The van der Waals surface area contributed by atoms with Gasteiger partial charge in [-0.3, -0.25) is 0 Å². The zero-order valence-corrected chi connectivity index (χ0v) is 16.1. The summed E-state index contributed by atoms with van der Waals surface area (Å²) in [6, 6.07) is 0. The maximum Gasteiger partial charge on any atom is 0.361 e. The fourth-order valence-electron chi connectivity index (χ4n) is 3.97. The first-order valence-corrected chi connectivity index (χ1v) is 8.48. The summed E-state index contributed by atoms with van der Waals surface area (Å²) in [6.45, 7) is 8.12. The van der Waals surface area contributed by atoms with Crippen LogP contribution in [-0.2, 0) is 9.53 Å². The molecule has 0 aromatic carbocycles. The number of ether oxygens (including phenoxy) is 1. The first-order chi connectivity index (χ1) is 9.48. The van der Waals surface area contributed by atoms with Crippen molar-refractivity contribution in [1.82, 2.24) is 0 Å². The van der Waals surface area contributed by atoms with Gasteiger partial charge in [-0.2, -0.15) is 0 Å². The number of esters is 1. The molecule has 1 aliphatic heterocycles. The van der Waals surface area contributed by atoms with Crippen LogP contribution in [-0.4, -0.2) is 43.7 Å². The van der Waals surface area contributed by atoms with Crippen LogP contribution >= 0.6 is 0 Å². The second-order valence-corrected chi connectivity index (χ2v) is 7.62. The van der Waals surface area contributed by atoms with Crippen molar-refractivity contribution < 1.29 is 38.0 Å². The molecule has 2 fully saturated rings. The highest BCUT2D eigenvalue weighted by atomic mass is 127. The van der Waals surface area contributed by atoms with Crippen LogP contribution < -0.4 is 24.0 Å². The summed E-state index contributed by atoms with van der Waals surface area (Å²) in [7, 11) is 2.20. The van der Waals surface area contributed by atoms with Gasteiger partial charge in [0.25, 0.3) is 0 Å². The molecule has 3 nitrogen and oxygen atoms in total. The number of likely N-dealkylation sites (N-methyl/N-ethyl adjacent to an activating group) is 1. The van der Waals surface area contributed by atoms with Crippen LogP contribution in [0.2, 0.25) is 0 Å². The molecule has 1 saturated carbocycles. The van der Waals surface area contributed by atoms with Gasteiger partial charge in [0.1, 0.15) is 0 Å². The van der Waals surface area contributed by atoms with Crippen molar-refractivity contribution in [2.75, 3.05) is 33.3 Å². The van der Waals surface area contributed by atoms with Gasteiger partial charge in [-0.1, -0.05) is 20.3 Å². The molecule has 2 aliphatic rings. The Morgan fingerprint density at radius 3 is 2.43 bits per heavy atom. The molecular weight excluding hydrogens is 377 g/mol. The molecule has 3 atom stereocenters. The first-order valence-electron chi connectivity index (χ1n) is 8.48. The number of rotatable bonds is 4. The predicted molar refractivity (Wildman–Crippen MR) is 81.3 cm³/mol. The van der Waals surface area contributed by atoms with Crippen molar-refractivity contribution >= 4 is 5.97 Å². The standard InChI is InChI=1S/C17H32NO2.HI/c1-14-7-8-16(15(2)11-14)13-20-17(19)12-18(3)9-5-4-6-10-18;/h14-16H,4-13H2,1-3H3;1H/q+1;/p-1. The number of piperidine rings is 1. The van der Waals surface area contributed by atoms with Crippen molar-refractivity contribution in [2.45, 2.75) is 52.4 Å². The minimum absolute atomic E-state index is 0. The summed E-state index contributed by atoms with van der Waals surface area (Å²) in [5.74, 6) is 2.14. The number of hydrogen-bond acceptors (Lipinski definition) is 2. The lowest BCUT2D eigenvalue weighted by Crippen LogP contribution is -3.00. The number of nitrogens with zero attached hydrogens (tertiary/aromatic N) is 1. The normalized spacial score (nSPS) is 32.0. The fraction of sp³-hybridized carbons (Fsp3) is 0.941. The molecule has 0 aromatic rings. The monoisotopic (exact) mass is 409 g/mol. The number of quaternary nitrogens is 1. The maximum absolute atomic E-state index is 12.1. The average Bonchev–Trinajstić information content (AvgIpc) is 2.38. The SMILES string of the molecule is CC1CCC(COC(=O)C[N+]2(C)CCCCC2)C(C)C1.[I-]. The van der Waals surface area contributed by atoms with E-state index in [0.717, 1.165) is 23.5 Å². The summed E-state index contributed by atoms with van der Waals surface area (Å²) in [6.07, 6.45) is 7.63. The lowest BCUT2D eigenvalue weighted by atomic mass is 9.76. The summed E-state index contributed by atoms with van der Waals surface area (Å²) in [5, 5.41) is 0. The molecule has 4 heteroatoms. The Morgan fingerprint density at radius 1 is 1.14 bits per heavy atom. The van der Waals surface area contributed by atoms with Crippen LogP contribution in [0.3, 0.4) is 0 Å². The Hall–Kier alpha value is 0.160. The maximum atomic E-state index is 12.1. The van der Waals surface area contributed by atoms with Crippen molar-refractivity contribution in [3.63, 3.8) is 0 Å². The zero-order valence-electron chi connectivity index (χ0n) is 13.9. The van der Waals surface area contributed by atoms with E-state index in [0.29, 0.717) is 25.0 Å². The Labute approximate surface area is 147 Å². The lowest BCUT2D eigenvalue weighted by molar-refractivity contribution is -0.907. The van der Waals surface area contributed by atoms with Gasteiger partial charge in [0.05, 0.1) is 26.7 Å². The summed E-state index contributed by atoms with van der Waals surface area (Å²) in [4.78, 5) is 12.1. The summed E-state index contributed by atoms with van der Waals surface area (Å²) >= 11 is 0. The van der Waals surface area contributed by atoms with E-state index < -0.39 is 0 Å². The highest BCUT2D eigenvalue weighted by molar-refractivity contribution is 5.70. The van der Waals surface area contributed by atoms with Gasteiger partial charge >= 0.3 is 5.97 Å². The van der Waals surface area contributed by atoms with Crippen LogP contribution in [0.5, 0.6) is 0 Å². The van der Waals surface area contributed by atoms with Crippen molar-refractivity contribution in [2.24, 2.45) is 17.8 Å². The molecular formula is C17H32INO2. The molecule has 0 bridgehead atoms. The van der Waals surface area contributed by atoms with Crippen molar-refractivity contribution in [3.8, 4) is 0 Å². The number of likely N-dealkylation sites (tertiary alicyclic amines) is 1. The van der Waals surface area contributed by atoms with E-state index >= 15 is 0 Å². The number of hydrogen-bond donors (Lipinski definition) is 0. The average molecular weight is 409 g/mol. The predicted octanol–water partition coefficient (Wildman–Crippen LogP) is 0.236. The molecule has 3 unspecified atom stereocenters. The van der Waals surface area contributed by atoms with Crippen LogP contribution in [0.1, 0.15) is 52.4 Å². The third-order valence-electron chi connectivity index (χ3n) is 5.47. The molecule has 21 heavy (non-hydrogen) atoms. The highest BCUT2D eigenvalue weighted by Crippen LogP contribution is 2.33. The Bertz CT molecular complexity index is 329. The van der Waals surface area contributed by atoms with E-state index in [1.54, 1.807) is 0 Å². The van der Waals surface area contributed by atoms with Gasteiger partial charge in [-0.15, -0.1) is 0 Å². The Kier molecular flexibility index (Phi) is 7.96. The molecule has 0 radical (unpaired) electrons. The Balaban J connectivity index is 0.00000220. The number of halogens is 1. The fourth-order valence-corrected chi connectivity index (χ4v) is 3.97. The molecule has 0 N–H and O–H groups in total.